The second-order valence-corrected chi connectivity index (χ2v) is 8.16. The molecule has 0 spiro atoms. The number of aromatic hydroxyl groups is 1. The first-order valence-corrected chi connectivity index (χ1v) is 9.06. The topological polar surface area (TPSA) is 40.5 Å². The van der Waals surface area contributed by atoms with Gasteiger partial charge in [-0.15, -0.1) is 0 Å². The lowest BCUT2D eigenvalue weighted by Crippen LogP contribution is -2.56. The van der Waals surface area contributed by atoms with Crippen LogP contribution in [0.5, 0.6) is 5.75 Å². The van der Waals surface area contributed by atoms with E-state index in [1.165, 1.54) is 32.1 Å². The molecule has 0 saturated heterocycles. The predicted octanol–water partition coefficient (Wildman–Crippen LogP) is 3.53. The Bertz CT molecular complexity index is 596. The Hall–Kier alpha value is -1.51. The van der Waals surface area contributed by atoms with E-state index < -0.39 is 0 Å². The summed E-state index contributed by atoms with van der Waals surface area (Å²) in [6, 6.07) is 5.92. The van der Waals surface area contributed by atoms with E-state index in [0.29, 0.717) is 12.5 Å². The molecular formula is C20H27NO2. The van der Waals surface area contributed by atoms with Gasteiger partial charge in [0.2, 0.25) is 5.91 Å². The Kier molecular flexibility index (Phi) is 3.62. The second kappa shape index (κ2) is 5.54. The van der Waals surface area contributed by atoms with Gasteiger partial charge in [0.05, 0.1) is 6.42 Å². The largest absolute Gasteiger partial charge is 0.508 e. The fourth-order valence-electron chi connectivity index (χ4n) is 5.84. The van der Waals surface area contributed by atoms with E-state index in [9.17, 15) is 9.90 Å². The monoisotopic (exact) mass is 313 g/mol. The minimum atomic E-state index is 0.205. The highest BCUT2D eigenvalue weighted by molar-refractivity contribution is 5.79. The molecule has 5 rings (SSSR count). The van der Waals surface area contributed by atoms with Gasteiger partial charge in [0.15, 0.2) is 0 Å². The summed E-state index contributed by atoms with van der Waals surface area (Å²) >= 11 is 0. The Balaban J connectivity index is 1.49. The minimum absolute atomic E-state index is 0.205. The van der Waals surface area contributed by atoms with Gasteiger partial charge < -0.3 is 10.0 Å². The molecule has 4 aliphatic carbocycles. The van der Waals surface area contributed by atoms with Crippen molar-refractivity contribution in [3.63, 3.8) is 0 Å². The number of carbonyl (C=O) groups is 1. The molecule has 23 heavy (non-hydrogen) atoms. The van der Waals surface area contributed by atoms with E-state index in [-0.39, 0.29) is 11.7 Å². The maximum Gasteiger partial charge on any atom is 0.227 e. The van der Waals surface area contributed by atoms with Crippen LogP contribution in [0.1, 0.15) is 43.2 Å². The van der Waals surface area contributed by atoms with Crippen molar-refractivity contribution in [3.05, 3.63) is 29.3 Å². The maximum atomic E-state index is 12.8. The third-order valence-corrected chi connectivity index (χ3v) is 6.78. The summed E-state index contributed by atoms with van der Waals surface area (Å²) < 4.78 is 0. The van der Waals surface area contributed by atoms with Gasteiger partial charge in [-0.25, -0.2) is 0 Å². The number of carbonyl (C=O) groups excluding carboxylic acids is 1. The highest BCUT2D eigenvalue weighted by Crippen LogP contribution is 2.55. The fraction of sp³-hybridized carbons (Fsp3) is 0.650. The quantitative estimate of drug-likeness (QED) is 0.927. The number of benzene rings is 1. The van der Waals surface area contributed by atoms with Crippen molar-refractivity contribution in [1.82, 2.24) is 4.90 Å². The number of phenols is 1. The normalized spacial score (nSPS) is 34.6. The van der Waals surface area contributed by atoms with Crippen LogP contribution >= 0.6 is 0 Å². The first-order valence-electron chi connectivity index (χ1n) is 9.06. The molecule has 1 amide bonds. The molecular weight excluding hydrogens is 286 g/mol. The molecule has 1 aromatic rings. The Morgan fingerprint density at radius 3 is 2.35 bits per heavy atom. The lowest BCUT2D eigenvalue weighted by atomic mass is 9.54. The molecule has 124 valence electrons. The van der Waals surface area contributed by atoms with Gasteiger partial charge in [0, 0.05) is 13.1 Å². The molecule has 3 heteroatoms. The lowest BCUT2D eigenvalue weighted by molar-refractivity contribution is -0.140. The van der Waals surface area contributed by atoms with Crippen molar-refractivity contribution in [1.29, 1.82) is 0 Å². The van der Waals surface area contributed by atoms with Crippen molar-refractivity contribution >= 4 is 5.91 Å². The van der Waals surface area contributed by atoms with Gasteiger partial charge in [0.25, 0.3) is 0 Å². The van der Waals surface area contributed by atoms with E-state index in [0.717, 1.165) is 34.8 Å². The third kappa shape index (κ3) is 2.54. The molecule has 0 atom stereocenters. The van der Waals surface area contributed by atoms with Crippen LogP contribution in [0.3, 0.4) is 0 Å². The van der Waals surface area contributed by atoms with Crippen LogP contribution in [-0.2, 0) is 11.2 Å². The zero-order valence-corrected chi connectivity index (χ0v) is 14.2. The van der Waals surface area contributed by atoms with E-state index in [2.05, 4.69) is 4.90 Å². The van der Waals surface area contributed by atoms with Gasteiger partial charge in [0.1, 0.15) is 5.75 Å². The van der Waals surface area contributed by atoms with Crippen LogP contribution in [0.15, 0.2) is 18.2 Å². The molecule has 1 aromatic carbocycles. The number of phenolic OH excluding ortho intramolecular Hbond substituents is 1. The van der Waals surface area contributed by atoms with E-state index in [1.807, 2.05) is 26.1 Å². The fourth-order valence-corrected chi connectivity index (χ4v) is 5.84. The number of hydrogen-bond acceptors (Lipinski definition) is 2. The van der Waals surface area contributed by atoms with Crippen molar-refractivity contribution < 1.29 is 9.90 Å². The van der Waals surface area contributed by atoms with Crippen molar-refractivity contribution in [2.24, 2.45) is 23.7 Å². The molecule has 4 aliphatic rings. The van der Waals surface area contributed by atoms with Gasteiger partial charge >= 0.3 is 0 Å². The number of nitrogens with zero attached hydrogens (tertiary/aromatic N) is 1. The molecule has 0 unspecified atom stereocenters. The van der Waals surface area contributed by atoms with E-state index in [4.69, 9.17) is 0 Å². The number of hydrogen-bond donors (Lipinski definition) is 1. The lowest BCUT2D eigenvalue weighted by Gasteiger charge is -2.56. The SMILES string of the molecule is Cc1c(O)cccc1CC(=O)N(C)C1C2CC3CC(C2)CC1C3. The third-order valence-electron chi connectivity index (χ3n) is 6.78. The van der Waals surface area contributed by atoms with Crippen LogP contribution in [0.4, 0.5) is 0 Å². The highest BCUT2D eigenvalue weighted by Gasteiger charge is 2.50. The smallest absolute Gasteiger partial charge is 0.227 e. The number of amides is 1. The Labute approximate surface area is 138 Å². The first-order chi connectivity index (χ1) is 11.0. The van der Waals surface area contributed by atoms with E-state index >= 15 is 0 Å². The standard InChI is InChI=1S/C20H27NO2/c1-12-15(4-3-5-18(12)22)11-19(23)21(2)20-16-7-13-6-14(9-16)10-17(20)8-13/h3-5,13-14,16-17,20,22H,6-11H2,1-2H3. The Morgan fingerprint density at radius 1 is 1.13 bits per heavy atom. The second-order valence-electron chi connectivity index (χ2n) is 8.16. The van der Waals surface area contributed by atoms with Gasteiger partial charge in [-0.3, -0.25) is 4.79 Å². The maximum absolute atomic E-state index is 12.8. The molecule has 1 N–H and O–H groups in total. The summed E-state index contributed by atoms with van der Waals surface area (Å²) in [5.41, 5.74) is 1.78. The molecule has 4 bridgehead atoms. The van der Waals surface area contributed by atoms with Crippen LogP contribution in [-0.4, -0.2) is 29.0 Å². The molecule has 4 saturated carbocycles. The van der Waals surface area contributed by atoms with Crippen molar-refractivity contribution in [2.45, 2.75) is 51.5 Å². The van der Waals surface area contributed by atoms with Crippen molar-refractivity contribution in [3.8, 4) is 5.75 Å². The van der Waals surface area contributed by atoms with Crippen molar-refractivity contribution in [2.75, 3.05) is 7.05 Å². The average molecular weight is 313 g/mol. The first kappa shape index (κ1) is 15.0. The molecule has 4 fully saturated rings. The minimum Gasteiger partial charge on any atom is -0.508 e. The summed E-state index contributed by atoms with van der Waals surface area (Å²) in [7, 11) is 2.01. The number of rotatable bonds is 3. The van der Waals surface area contributed by atoms with Gasteiger partial charge in [-0.1, -0.05) is 12.1 Å². The summed E-state index contributed by atoms with van der Waals surface area (Å²) in [6.45, 7) is 1.89. The zero-order chi connectivity index (χ0) is 16.1. The van der Waals surface area contributed by atoms with Crippen LogP contribution in [0, 0.1) is 30.6 Å². The molecule has 0 radical (unpaired) electrons. The van der Waals surface area contributed by atoms with Crippen LogP contribution < -0.4 is 0 Å². The molecule has 3 nitrogen and oxygen atoms in total. The Morgan fingerprint density at radius 2 is 1.74 bits per heavy atom. The van der Waals surface area contributed by atoms with E-state index in [1.54, 1.807) is 6.07 Å². The van der Waals surface area contributed by atoms with Crippen LogP contribution in [0.25, 0.3) is 0 Å². The summed E-state index contributed by atoms with van der Waals surface area (Å²) in [6.07, 6.45) is 7.18. The highest BCUT2D eigenvalue weighted by atomic mass is 16.3. The van der Waals surface area contributed by atoms with Gasteiger partial charge in [-0.05, 0) is 79.9 Å². The zero-order valence-electron chi connectivity index (χ0n) is 14.2. The average Bonchev–Trinajstić information content (AvgIpc) is 2.50. The predicted molar refractivity (Wildman–Crippen MR) is 90.2 cm³/mol. The number of likely N-dealkylation sites (N-methyl/N-ethyl adjacent to an activating group) is 1. The summed E-state index contributed by atoms with van der Waals surface area (Å²) in [4.78, 5) is 14.9. The van der Waals surface area contributed by atoms with Gasteiger partial charge in [-0.2, -0.15) is 0 Å². The summed E-state index contributed by atoms with van der Waals surface area (Å²) in [5.74, 6) is 3.82. The molecule has 0 aliphatic heterocycles. The molecule has 0 heterocycles. The molecule has 0 aromatic heterocycles. The van der Waals surface area contributed by atoms with Crippen LogP contribution in [0.2, 0.25) is 0 Å². The summed E-state index contributed by atoms with van der Waals surface area (Å²) in [5, 5.41) is 9.84.